The minimum absolute atomic E-state index is 0. The average Bonchev–Trinajstić information content (AvgIpc) is 2.31. The van der Waals surface area contributed by atoms with Crippen LogP contribution < -0.4 is 5.73 Å². The highest BCUT2D eigenvalue weighted by molar-refractivity contribution is 8.93. The largest absolute Gasteiger partial charge is 0.325 e. The van der Waals surface area contributed by atoms with Gasteiger partial charge >= 0.3 is 0 Å². The van der Waals surface area contributed by atoms with Gasteiger partial charge in [0.15, 0.2) is 0 Å². The molecule has 0 aliphatic rings. The Hall–Kier alpha value is -0.340. The highest BCUT2D eigenvalue weighted by Crippen LogP contribution is 2.34. The van der Waals surface area contributed by atoms with E-state index in [4.69, 9.17) is 5.73 Å². The highest BCUT2D eigenvalue weighted by atomic mass is 79.9. The standard InChI is InChI=1S/C14H23N.BrH/c1-4-13(14(15,5-2)6-3)12-10-8-7-9-11-12;/h7-11,13H,4-6,15H2,1-3H3;1H. The molecule has 0 bridgehead atoms. The molecule has 0 fully saturated rings. The Morgan fingerprint density at radius 2 is 1.56 bits per heavy atom. The smallest absolute Gasteiger partial charge is 0.0218 e. The van der Waals surface area contributed by atoms with Crippen LogP contribution in [0.15, 0.2) is 30.3 Å². The molecular formula is C14H24BrN. The molecule has 1 aromatic carbocycles. The van der Waals surface area contributed by atoms with Crippen LogP contribution in [0.4, 0.5) is 0 Å². The van der Waals surface area contributed by atoms with Crippen molar-refractivity contribution in [1.82, 2.24) is 0 Å². The second-order valence-corrected chi connectivity index (χ2v) is 4.31. The zero-order valence-electron chi connectivity index (χ0n) is 10.6. The van der Waals surface area contributed by atoms with E-state index < -0.39 is 0 Å². The molecule has 92 valence electrons. The van der Waals surface area contributed by atoms with Crippen LogP contribution in [0, 0.1) is 0 Å². The lowest BCUT2D eigenvalue weighted by atomic mass is 9.75. The Labute approximate surface area is 110 Å². The van der Waals surface area contributed by atoms with Crippen molar-refractivity contribution in [1.29, 1.82) is 0 Å². The molecule has 0 aliphatic carbocycles. The van der Waals surface area contributed by atoms with Gasteiger partial charge in [0, 0.05) is 11.5 Å². The number of hydrogen-bond acceptors (Lipinski definition) is 1. The Bertz CT molecular complexity index is 280. The van der Waals surface area contributed by atoms with E-state index in [0.29, 0.717) is 5.92 Å². The Morgan fingerprint density at radius 1 is 1.06 bits per heavy atom. The van der Waals surface area contributed by atoms with Crippen LogP contribution in [-0.4, -0.2) is 5.54 Å². The van der Waals surface area contributed by atoms with Crippen LogP contribution in [0.5, 0.6) is 0 Å². The molecule has 0 saturated heterocycles. The summed E-state index contributed by atoms with van der Waals surface area (Å²) in [5.74, 6) is 0.480. The number of halogens is 1. The predicted octanol–water partition coefficient (Wildman–Crippen LogP) is 4.28. The first-order valence-electron chi connectivity index (χ1n) is 6.01. The number of benzene rings is 1. The normalized spacial score (nSPS) is 13.0. The van der Waals surface area contributed by atoms with Gasteiger partial charge in [-0.1, -0.05) is 51.1 Å². The summed E-state index contributed by atoms with van der Waals surface area (Å²) in [6.45, 7) is 6.61. The molecule has 2 N–H and O–H groups in total. The summed E-state index contributed by atoms with van der Waals surface area (Å²) in [5, 5.41) is 0. The summed E-state index contributed by atoms with van der Waals surface area (Å²) in [4.78, 5) is 0. The van der Waals surface area contributed by atoms with Crippen molar-refractivity contribution in [3.8, 4) is 0 Å². The van der Waals surface area contributed by atoms with Crippen molar-refractivity contribution < 1.29 is 0 Å². The molecule has 0 amide bonds. The molecule has 1 atom stereocenters. The molecular weight excluding hydrogens is 262 g/mol. The molecule has 16 heavy (non-hydrogen) atoms. The molecule has 0 spiro atoms. The minimum atomic E-state index is -0.0455. The quantitative estimate of drug-likeness (QED) is 0.859. The van der Waals surface area contributed by atoms with Crippen molar-refractivity contribution in [3.05, 3.63) is 35.9 Å². The molecule has 1 rings (SSSR count). The Balaban J connectivity index is 0.00000225. The fraction of sp³-hybridized carbons (Fsp3) is 0.571. The maximum absolute atomic E-state index is 6.48. The predicted molar refractivity (Wildman–Crippen MR) is 77.3 cm³/mol. The molecule has 1 nitrogen and oxygen atoms in total. The number of hydrogen-bond donors (Lipinski definition) is 1. The summed E-state index contributed by atoms with van der Waals surface area (Å²) in [7, 11) is 0. The summed E-state index contributed by atoms with van der Waals surface area (Å²) in [6.07, 6.45) is 3.19. The number of rotatable bonds is 5. The fourth-order valence-corrected chi connectivity index (χ4v) is 2.40. The first kappa shape index (κ1) is 15.7. The second-order valence-electron chi connectivity index (χ2n) is 4.31. The van der Waals surface area contributed by atoms with E-state index in [1.54, 1.807) is 0 Å². The van der Waals surface area contributed by atoms with Crippen molar-refractivity contribution >= 4 is 17.0 Å². The fourth-order valence-electron chi connectivity index (χ4n) is 2.40. The van der Waals surface area contributed by atoms with E-state index in [1.165, 1.54) is 5.56 Å². The molecule has 0 aliphatic heterocycles. The van der Waals surface area contributed by atoms with Crippen LogP contribution in [-0.2, 0) is 0 Å². The first-order chi connectivity index (χ1) is 7.18. The summed E-state index contributed by atoms with van der Waals surface area (Å²) < 4.78 is 0. The van der Waals surface area contributed by atoms with Gasteiger partial charge in [0.1, 0.15) is 0 Å². The van der Waals surface area contributed by atoms with Crippen molar-refractivity contribution in [3.63, 3.8) is 0 Å². The molecule has 0 saturated carbocycles. The highest BCUT2D eigenvalue weighted by Gasteiger charge is 2.30. The summed E-state index contributed by atoms with van der Waals surface area (Å²) in [5.41, 5.74) is 7.82. The summed E-state index contributed by atoms with van der Waals surface area (Å²) in [6, 6.07) is 10.7. The SMILES string of the molecule is Br.CCC(c1ccccc1)C(N)(CC)CC. The lowest BCUT2D eigenvalue weighted by Crippen LogP contribution is -2.44. The van der Waals surface area contributed by atoms with Crippen LogP contribution in [0.2, 0.25) is 0 Å². The van der Waals surface area contributed by atoms with Gasteiger partial charge in [0.25, 0.3) is 0 Å². The topological polar surface area (TPSA) is 26.0 Å². The van der Waals surface area contributed by atoms with E-state index in [1.807, 2.05) is 0 Å². The van der Waals surface area contributed by atoms with Gasteiger partial charge in [-0.3, -0.25) is 0 Å². The lowest BCUT2D eigenvalue weighted by Gasteiger charge is -2.36. The molecule has 0 radical (unpaired) electrons. The average molecular weight is 286 g/mol. The van der Waals surface area contributed by atoms with Crippen LogP contribution >= 0.6 is 17.0 Å². The van der Waals surface area contributed by atoms with Gasteiger partial charge in [-0.2, -0.15) is 0 Å². The molecule has 1 unspecified atom stereocenters. The van der Waals surface area contributed by atoms with Crippen molar-refractivity contribution in [2.24, 2.45) is 5.73 Å². The van der Waals surface area contributed by atoms with Crippen LogP contribution in [0.1, 0.15) is 51.5 Å². The zero-order chi connectivity index (χ0) is 11.3. The lowest BCUT2D eigenvalue weighted by molar-refractivity contribution is 0.313. The van der Waals surface area contributed by atoms with E-state index >= 15 is 0 Å². The van der Waals surface area contributed by atoms with E-state index in [-0.39, 0.29) is 22.5 Å². The van der Waals surface area contributed by atoms with Crippen molar-refractivity contribution in [2.45, 2.75) is 51.5 Å². The molecule has 2 heteroatoms. The van der Waals surface area contributed by atoms with E-state index in [2.05, 4.69) is 51.1 Å². The third-order valence-corrected chi connectivity index (χ3v) is 3.62. The van der Waals surface area contributed by atoms with Gasteiger partial charge in [0.2, 0.25) is 0 Å². The summed E-state index contributed by atoms with van der Waals surface area (Å²) >= 11 is 0. The third-order valence-electron chi connectivity index (χ3n) is 3.62. The molecule has 0 aromatic heterocycles. The van der Waals surface area contributed by atoms with Gasteiger partial charge in [-0.15, -0.1) is 17.0 Å². The van der Waals surface area contributed by atoms with Gasteiger partial charge in [0.05, 0.1) is 0 Å². The van der Waals surface area contributed by atoms with Gasteiger partial charge in [-0.05, 0) is 24.8 Å². The Kier molecular flexibility index (Phi) is 6.93. The van der Waals surface area contributed by atoms with Gasteiger partial charge in [-0.25, -0.2) is 0 Å². The monoisotopic (exact) mass is 285 g/mol. The Morgan fingerprint density at radius 3 is 1.94 bits per heavy atom. The molecule has 1 aromatic rings. The maximum Gasteiger partial charge on any atom is 0.0218 e. The van der Waals surface area contributed by atoms with Crippen molar-refractivity contribution in [2.75, 3.05) is 0 Å². The molecule has 0 heterocycles. The van der Waals surface area contributed by atoms with Gasteiger partial charge < -0.3 is 5.73 Å². The number of nitrogens with two attached hydrogens (primary N) is 1. The first-order valence-corrected chi connectivity index (χ1v) is 6.01. The van der Waals surface area contributed by atoms with E-state index in [9.17, 15) is 0 Å². The van der Waals surface area contributed by atoms with Crippen LogP contribution in [0.25, 0.3) is 0 Å². The third kappa shape index (κ3) is 3.33. The zero-order valence-corrected chi connectivity index (χ0v) is 12.3. The second kappa shape index (κ2) is 7.08. The maximum atomic E-state index is 6.48. The minimum Gasteiger partial charge on any atom is -0.325 e. The van der Waals surface area contributed by atoms with Crippen LogP contribution in [0.3, 0.4) is 0 Å². The van der Waals surface area contributed by atoms with E-state index in [0.717, 1.165) is 19.3 Å².